The van der Waals surface area contributed by atoms with Crippen molar-refractivity contribution in [2.75, 3.05) is 0 Å². The first-order valence-corrected chi connectivity index (χ1v) is 4.47. The fraction of sp³-hybridized carbons (Fsp3) is 0. The van der Waals surface area contributed by atoms with E-state index in [0.29, 0.717) is 10.0 Å². The molecule has 0 amide bonds. The zero-order valence-corrected chi connectivity index (χ0v) is 9.90. The van der Waals surface area contributed by atoms with E-state index in [1.807, 2.05) is 0 Å². The third-order valence-corrected chi connectivity index (χ3v) is 1.84. The lowest BCUT2D eigenvalue weighted by molar-refractivity contribution is 0.625. The van der Waals surface area contributed by atoms with Gasteiger partial charge in [0.15, 0.2) is 0 Å². The summed E-state index contributed by atoms with van der Waals surface area (Å²) in [7, 11) is 0. The topological polar surface area (TPSA) is 74.3 Å². The first-order chi connectivity index (χ1) is 6.59. The van der Waals surface area contributed by atoms with Crippen molar-refractivity contribution in [1.29, 1.82) is 5.41 Å². The number of hydrogen-bond acceptors (Lipinski definition) is 2. The van der Waals surface area contributed by atoms with Gasteiger partial charge in [0.25, 0.3) is 0 Å². The molecule has 4 nitrogen and oxygen atoms in total. The van der Waals surface area contributed by atoms with Gasteiger partial charge in [-0.1, -0.05) is 15.9 Å². The Hall–Kier alpha value is -1.14. The molecule has 0 unspecified atom stereocenters. The quantitative estimate of drug-likeness (QED) is 0.442. The molecule has 0 aliphatic rings. The van der Waals surface area contributed by atoms with Crippen LogP contribution in [0.5, 0.6) is 0 Å². The van der Waals surface area contributed by atoms with Crippen molar-refractivity contribution in [3.05, 3.63) is 34.1 Å². The predicted octanol–water partition coefficient (Wildman–Crippen LogP) is 1.83. The van der Waals surface area contributed by atoms with E-state index in [9.17, 15) is 4.39 Å². The predicted molar refractivity (Wildman–Crippen MR) is 64.0 cm³/mol. The van der Waals surface area contributed by atoms with Gasteiger partial charge >= 0.3 is 0 Å². The summed E-state index contributed by atoms with van der Waals surface area (Å²) in [5, 5.41) is 10.4. The average molecular weight is 296 g/mol. The van der Waals surface area contributed by atoms with Gasteiger partial charge in [0.1, 0.15) is 5.82 Å². The number of rotatable bonds is 2. The fourth-order valence-corrected chi connectivity index (χ4v) is 1.11. The Morgan fingerprint density at radius 3 is 2.80 bits per heavy atom. The summed E-state index contributed by atoms with van der Waals surface area (Å²) in [6, 6.07) is 4.58. The maximum Gasteiger partial charge on any atom is 0.206 e. The highest BCUT2D eigenvalue weighted by Crippen LogP contribution is 2.13. The second-order valence-corrected chi connectivity index (χ2v) is 3.37. The van der Waals surface area contributed by atoms with Crippen LogP contribution >= 0.6 is 28.3 Å². The number of guanidine groups is 1. The Labute approximate surface area is 101 Å². The molecule has 0 aromatic heterocycles. The highest BCUT2D eigenvalue weighted by atomic mass is 79.9. The molecule has 0 radical (unpaired) electrons. The molecule has 0 saturated carbocycles. The number of benzene rings is 1. The maximum absolute atomic E-state index is 13.1. The minimum absolute atomic E-state index is 0. The van der Waals surface area contributed by atoms with Crippen LogP contribution in [0.1, 0.15) is 5.56 Å². The summed E-state index contributed by atoms with van der Waals surface area (Å²) in [5.41, 5.74) is 7.49. The minimum Gasteiger partial charge on any atom is -0.369 e. The lowest BCUT2D eigenvalue weighted by Crippen LogP contribution is -2.25. The van der Waals surface area contributed by atoms with Gasteiger partial charge < -0.3 is 5.73 Å². The first-order valence-electron chi connectivity index (χ1n) is 3.68. The maximum atomic E-state index is 13.1. The second-order valence-electron chi connectivity index (χ2n) is 2.45. The molecule has 0 aliphatic carbocycles. The SMILES string of the molecule is Cl.N=C(N)N/N=C/c1ccc(Br)cc1F. The molecule has 0 atom stereocenters. The molecular weight excluding hydrogens is 286 g/mol. The van der Waals surface area contributed by atoms with Crippen LogP contribution in [0.25, 0.3) is 0 Å². The van der Waals surface area contributed by atoms with Crippen molar-refractivity contribution in [3.8, 4) is 0 Å². The molecule has 0 bridgehead atoms. The van der Waals surface area contributed by atoms with Crippen LogP contribution in [0.2, 0.25) is 0 Å². The van der Waals surface area contributed by atoms with Crippen LogP contribution in [0.4, 0.5) is 4.39 Å². The monoisotopic (exact) mass is 294 g/mol. The van der Waals surface area contributed by atoms with E-state index in [0.717, 1.165) is 0 Å². The van der Waals surface area contributed by atoms with Gasteiger partial charge in [-0.05, 0) is 18.2 Å². The molecule has 1 aromatic rings. The largest absolute Gasteiger partial charge is 0.369 e. The van der Waals surface area contributed by atoms with Crippen molar-refractivity contribution in [3.63, 3.8) is 0 Å². The third-order valence-electron chi connectivity index (χ3n) is 1.35. The molecule has 15 heavy (non-hydrogen) atoms. The normalized spacial score (nSPS) is 9.73. The first kappa shape index (κ1) is 13.9. The average Bonchev–Trinajstić information content (AvgIpc) is 2.08. The van der Waals surface area contributed by atoms with E-state index >= 15 is 0 Å². The van der Waals surface area contributed by atoms with Crippen LogP contribution in [0.3, 0.4) is 0 Å². The minimum atomic E-state index is -0.395. The van der Waals surface area contributed by atoms with Gasteiger partial charge in [-0.25, -0.2) is 9.82 Å². The van der Waals surface area contributed by atoms with E-state index in [1.54, 1.807) is 12.1 Å². The van der Waals surface area contributed by atoms with Gasteiger partial charge in [-0.15, -0.1) is 12.4 Å². The zero-order valence-electron chi connectivity index (χ0n) is 7.50. The molecule has 0 fully saturated rings. The van der Waals surface area contributed by atoms with E-state index in [2.05, 4.69) is 26.5 Å². The molecule has 1 aromatic carbocycles. The Morgan fingerprint density at radius 2 is 2.27 bits per heavy atom. The second kappa shape index (κ2) is 6.36. The molecule has 0 spiro atoms. The number of nitrogens with zero attached hydrogens (tertiary/aromatic N) is 1. The van der Waals surface area contributed by atoms with Crippen molar-refractivity contribution in [1.82, 2.24) is 5.43 Å². The highest BCUT2D eigenvalue weighted by Gasteiger charge is 1.98. The number of halogens is 3. The summed E-state index contributed by atoms with van der Waals surface area (Å²) in [6.07, 6.45) is 1.25. The third kappa shape index (κ3) is 4.75. The van der Waals surface area contributed by atoms with Gasteiger partial charge in [0, 0.05) is 10.0 Å². The highest BCUT2D eigenvalue weighted by molar-refractivity contribution is 9.10. The van der Waals surface area contributed by atoms with Crippen LogP contribution in [0, 0.1) is 11.2 Å². The van der Waals surface area contributed by atoms with E-state index < -0.39 is 5.82 Å². The van der Waals surface area contributed by atoms with Gasteiger partial charge in [-0.3, -0.25) is 5.41 Å². The summed E-state index contributed by atoms with van der Waals surface area (Å²) in [6.45, 7) is 0. The standard InChI is InChI=1S/C8H8BrFN4.ClH/c9-6-2-1-5(7(10)3-6)4-13-14-8(11)12;/h1-4H,(H4,11,12,14);1H/b13-4+;. The Kier molecular flexibility index (Phi) is 5.88. The molecule has 1 rings (SSSR count). The van der Waals surface area contributed by atoms with Gasteiger partial charge in [0.2, 0.25) is 5.96 Å². The number of hydrogen-bond donors (Lipinski definition) is 3. The molecule has 0 saturated heterocycles. The molecule has 7 heteroatoms. The summed E-state index contributed by atoms with van der Waals surface area (Å²) in [4.78, 5) is 0. The summed E-state index contributed by atoms with van der Waals surface area (Å²) < 4.78 is 13.8. The smallest absolute Gasteiger partial charge is 0.206 e. The molecule has 0 aliphatic heterocycles. The Morgan fingerprint density at radius 1 is 1.60 bits per heavy atom. The van der Waals surface area contributed by atoms with Crippen LogP contribution < -0.4 is 11.2 Å². The molecule has 82 valence electrons. The van der Waals surface area contributed by atoms with Crippen LogP contribution in [-0.4, -0.2) is 12.2 Å². The van der Waals surface area contributed by atoms with E-state index in [4.69, 9.17) is 11.1 Å². The fourth-order valence-electron chi connectivity index (χ4n) is 0.778. The number of nitrogens with two attached hydrogens (primary N) is 1. The Balaban J connectivity index is 0.00000196. The lowest BCUT2D eigenvalue weighted by atomic mass is 10.2. The lowest BCUT2D eigenvalue weighted by Gasteiger charge is -1.97. The van der Waals surface area contributed by atoms with Gasteiger partial charge in [-0.2, -0.15) is 5.10 Å². The van der Waals surface area contributed by atoms with Crippen molar-refractivity contribution in [2.45, 2.75) is 0 Å². The summed E-state index contributed by atoms with van der Waals surface area (Å²) in [5.74, 6) is -0.688. The Bertz CT molecular complexity index is 383. The molecular formula is C8H9BrClFN4. The van der Waals surface area contributed by atoms with Crippen molar-refractivity contribution >= 4 is 40.5 Å². The van der Waals surface area contributed by atoms with E-state index in [-0.39, 0.29) is 18.4 Å². The number of nitrogens with one attached hydrogen (secondary N) is 2. The van der Waals surface area contributed by atoms with Crippen LogP contribution in [-0.2, 0) is 0 Å². The van der Waals surface area contributed by atoms with Crippen LogP contribution in [0.15, 0.2) is 27.8 Å². The van der Waals surface area contributed by atoms with Crippen molar-refractivity contribution < 1.29 is 4.39 Å². The molecule has 4 N–H and O–H groups in total. The van der Waals surface area contributed by atoms with E-state index in [1.165, 1.54) is 12.3 Å². The molecule has 0 heterocycles. The zero-order chi connectivity index (χ0) is 10.6. The number of hydrazone groups is 1. The summed E-state index contributed by atoms with van der Waals surface area (Å²) >= 11 is 3.13. The van der Waals surface area contributed by atoms with Crippen molar-refractivity contribution in [2.24, 2.45) is 10.8 Å². The van der Waals surface area contributed by atoms with Gasteiger partial charge in [0.05, 0.1) is 6.21 Å².